The molecule has 0 heterocycles. The number of carbonyl (C=O) groups excluding carboxylic acids is 1. The second-order valence-electron chi connectivity index (χ2n) is 5.22. The van der Waals surface area contributed by atoms with Crippen molar-refractivity contribution in [1.29, 1.82) is 0 Å². The lowest BCUT2D eigenvalue weighted by molar-refractivity contribution is -0.385. The zero-order valence-corrected chi connectivity index (χ0v) is 13.5. The molecule has 1 amide bonds. The molecule has 2 aromatic rings. The summed E-state index contributed by atoms with van der Waals surface area (Å²) in [6, 6.07) is 8.53. The molecular formula is C16H15N3O6. The van der Waals surface area contributed by atoms with Crippen molar-refractivity contribution in [3.63, 3.8) is 0 Å². The van der Waals surface area contributed by atoms with Crippen molar-refractivity contribution in [3.8, 4) is 5.75 Å². The number of hydrogen-bond acceptors (Lipinski definition) is 6. The van der Waals surface area contributed by atoms with E-state index in [9.17, 15) is 25.0 Å². The molecule has 0 saturated heterocycles. The number of ether oxygens (including phenoxy) is 1. The molecule has 0 fully saturated rings. The minimum atomic E-state index is -0.657. The number of hydrogen-bond donors (Lipinski definition) is 1. The van der Waals surface area contributed by atoms with Crippen molar-refractivity contribution in [2.45, 2.75) is 13.8 Å². The Hall–Kier alpha value is -3.49. The van der Waals surface area contributed by atoms with Crippen LogP contribution in [-0.2, 0) is 4.79 Å². The fourth-order valence-electron chi connectivity index (χ4n) is 2.16. The summed E-state index contributed by atoms with van der Waals surface area (Å²) in [5.74, 6) is -0.715. The predicted molar refractivity (Wildman–Crippen MR) is 89.8 cm³/mol. The first-order chi connectivity index (χ1) is 11.8. The van der Waals surface area contributed by atoms with Gasteiger partial charge in [0.25, 0.3) is 11.6 Å². The second kappa shape index (κ2) is 7.39. The zero-order chi connectivity index (χ0) is 18.6. The van der Waals surface area contributed by atoms with Crippen LogP contribution in [0.2, 0.25) is 0 Å². The van der Waals surface area contributed by atoms with Crippen LogP contribution >= 0.6 is 0 Å². The monoisotopic (exact) mass is 345 g/mol. The Balaban J connectivity index is 2.16. The maximum Gasteiger partial charge on any atom is 0.310 e. The number of nitro groups is 2. The SMILES string of the molecule is Cc1ccc([N+](=O)[O-])c(NC(=O)COc2ccccc2[N+](=O)[O-])c1C. The van der Waals surface area contributed by atoms with E-state index in [1.54, 1.807) is 19.9 Å². The van der Waals surface area contributed by atoms with Gasteiger partial charge in [-0.15, -0.1) is 0 Å². The summed E-state index contributed by atoms with van der Waals surface area (Å²) >= 11 is 0. The molecule has 0 aliphatic heterocycles. The van der Waals surface area contributed by atoms with Gasteiger partial charge in [-0.3, -0.25) is 25.0 Å². The molecule has 0 saturated carbocycles. The van der Waals surface area contributed by atoms with Crippen LogP contribution in [0.3, 0.4) is 0 Å². The summed E-state index contributed by atoms with van der Waals surface area (Å²) in [7, 11) is 0. The Kier molecular flexibility index (Phi) is 5.28. The number of benzene rings is 2. The molecule has 0 unspecified atom stereocenters. The maximum atomic E-state index is 12.1. The summed E-state index contributed by atoms with van der Waals surface area (Å²) < 4.78 is 5.18. The quantitative estimate of drug-likeness (QED) is 0.633. The van der Waals surface area contributed by atoms with E-state index >= 15 is 0 Å². The molecular weight excluding hydrogens is 330 g/mol. The molecule has 0 aliphatic rings. The van der Waals surface area contributed by atoms with Crippen molar-refractivity contribution < 1.29 is 19.4 Å². The van der Waals surface area contributed by atoms with Crippen LogP contribution in [0, 0.1) is 34.1 Å². The molecule has 0 spiro atoms. The lowest BCUT2D eigenvalue weighted by atomic mass is 10.1. The topological polar surface area (TPSA) is 125 Å². The Labute approximate surface area is 142 Å². The Bertz CT molecular complexity index is 850. The number of rotatable bonds is 6. The first-order valence-electron chi connectivity index (χ1n) is 7.22. The predicted octanol–water partition coefficient (Wildman–Crippen LogP) is 3.14. The van der Waals surface area contributed by atoms with Crippen molar-refractivity contribution in [1.82, 2.24) is 0 Å². The minimum Gasteiger partial charge on any atom is -0.477 e. The minimum absolute atomic E-state index is 0.0573. The standard InChI is InChI=1S/C16H15N3O6/c1-10-7-8-13(19(23)24)16(11(10)2)17-15(20)9-25-14-6-4-3-5-12(14)18(21)22/h3-8H,9H2,1-2H3,(H,17,20). The summed E-state index contributed by atoms with van der Waals surface area (Å²) in [4.78, 5) is 32.9. The highest BCUT2D eigenvalue weighted by Crippen LogP contribution is 2.30. The van der Waals surface area contributed by atoms with Gasteiger partial charge >= 0.3 is 5.69 Å². The molecule has 130 valence electrons. The summed E-state index contributed by atoms with van der Waals surface area (Å²) in [5, 5.41) is 24.5. The van der Waals surface area contributed by atoms with E-state index in [1.165, 1.54) is 30.3 Å². The van der Waals surface area contributed by atoms with Gasteiger partial charge in [0, 0.05) is 12.1 Å². The van der Waals surface area contributed by atoms with Crippen LogP contribution in [0.25, 0.3) is 0 Å². The Morgan fingerprint density at radius 3 is 2.32 bits per heavy atom. The highest BCUT2D eigenvalue weighted by molar-refractivity contribution is 5.95. The van der Waals surface area contributed by atoms with Gasteiger partial charge in [-0.1, -0.05) is 18.2 Å². The van der Waals surface area contributed by atoms with Gasteiger partial charge in [0.1, 0.15) is 5.69 Å². The van der Waals surface area contributed by atoms with Gasteiger partial charge in [0.15, 0.2) is 12.4 Å². The van der Waals surface area contributed by atoms with Crippen LogP contribution in [0.5, 0.6) is 5.75 Å². The molecule has 2 aromatic carbocycles. The van der Waals surface area contributed by atoms with Crippen molar-refractivity contribution in [2.75, 3.05) is 11.9 Å². The van der Waals surface area contributed by atoms with E-state index in [4.69, 9.17) is 4.74 Å². The summed E-state index contributed by atoms with van der Waals surface area (Å²) in [5.41, 5.74) is 0.921. The lowest BCUT2D eigenvalue weighted by Gasteiger charge is -2.11. The number of anilines is 1. The third-order valence-electron chi connectivity index (χ3n) is 3.60. The molecule has 9 nitrogen and oxygen atoms in total. The van der Waals surface area contributed by atoms with E-state index < -0.39 is 22.4 Å². The third-order valence-corrected chi connectivity index (χ3v) is 3.60. The largest absolute Gasteiger partial charge is 0.477 e. The van der Waals surface area contributed by atoms with Gasteiger partial charge in [0.2, 0.25) is 0 Å². The summed E-state index contributed by atoms with van der Waals surface area (Å²) in [6.45, 7) is 2.90. The van der Waals surface area contributed by atoms with Crippen LogP contribution in [0.15, 0.2) is 36.4 Å². The molecule has 0 bridgehead atoms. The van der Waals surface area contributed by atoms with Gasteiger partial charge in [-0.05, 0) is 31.0 Å². The average molecular weight is 345 g/mol. The zero-order valence-electron chi connectivity index (χ0n) is 13.5. The maximum absolute atomic E-state index is 12.1. The fourth-order valence-corrected chi connectivity index (χ4v) is 2.16. The Morgan fingerprint density at radius 2 is 1.68 bits per heavy atom. The highest BCUT2D eigenvalue weighted by atomic mass is 16.6. The van der Waals surface area contributed by atoms with E-state index in [1.807, 2.05) is 0 Å². The summed E-state index contributed by atoms with van der Waals surface area (Å²) in [6.07, 6.45) is 0. The van der Waals surface area contributed by atoms with Crippen LogP contribution in [0.4, 0.5) is 17.1 Å². The highest BCUT2D eigenvalue weighted by Gasteiger charge is 2.20. The number of amides is 1. The lowest BCUT2D eigenvalue weighted by Crippen LogP contribution is -2.21. The number of aryl methyl sites for hydroxylation is 1. The second-order valence-corrected chi connectivity index (χ2v) is 5.22. The van der Waals surface area contributed by atoms with E-state index in [0.29, 0.717) is 5.56 Å². The molecule has 9 heteroatoms. The molecule has 0 aliphatic carbocycles. The van der Waals surface area contributed by atoms with Crippen LogP contribution < -0.4 is 10.1 Å². The van der Waals surface area contributed by atoms with Crippen LogP contribution in [-0.4, -0.2) is 22.4 Å². The van der Waals surface area contributed by atoms with Gasteiger partial charge < -0.3 is 10.1 Å². The number of nitrogens with zero attached hydrogens (tertiary/aromatic N) is 2. The number of para-hydroxylation sites is 2. The van der Waals surface area contributed by atoms with Gasteiger partial charge in [-0.25, -0.2) is 0 Å². The van der Waals surface area contributed by atoms with E-state index in [-0.39, 0.29) is 22.8 Å². The number of nitrogens with one attached hydrogen (secondary N) is 1. The van der Waals surface area contributed by atoms with Crippen molar-refractivity contribution >= 4 is 23.0 Å². The van der Waals surface area contributed by atoms with E-state index in [0.717, 1.165) is 5.56 Å². The van der Waals surface area contributed by atoms with Crippen LogP contribution in [0.1, 0.15) is 11.1 Å². The third kappa shape index (κ3) is 4.08. The molecule has 0 radical (unpaired) electrons. The van der Waals surface area contributed by atoms with Crippen molar-refractivity contribution in [3.05, 3.63) is 67.8 Å². The first kappa shape index (κ1) is 17.9. The smallest absolute Gasteiger partial charge is 0.310 e. The van der Waals surface area contributed by atoms with Crippen molar-refractivity contribution in [2.24, 2.45) is 0 Å². The molecule has 25 heavy (non-hydrogen) atoms. The Morgan fingerprint density at radius 1 is 1.04 bits per heavy atom. The molecule has 1 N–H and O–H groups in total. The first-order valence-corrected chi connectivity index (χ1v) is 7.22. The molecule has 0 atom stereocenters. The van der Waals surface area contributed by atoms with Gasteiger partial charge in [0.05, 0.1) is 9.85 Å². The number of carbonyl (C=O) groups is 1. The molecule has 0 aromatic heterocycles. The molecule has 2 rings (SSSR count). The average Bonchev–Trinajstić information content (AvgIpc) is 2.57. The normalized spacial score (nSPS) is 10.2. The van der Waals surface area contributed by atoms with Gasteiger partial charge in [-0.2, -0.15) is 0 Å². The fraction of sp³-hybridized carbons (Fsp3) is 0.188. The number of nitro benzene ring substituents is 2. The van der Waals surface area contributed by atoms with E-state index in [2.05, 4.69) is 5.32 Å².